The van der Waals surface area contributed by atoms with Crippen LogP contribution in [0.5, 0.6) is 11.6 Å². The highest BCUT2D eigenvalue weighted by Gasteiger charge is 2.06. The SMILES string of the molecule is CC(O)c1ccnc(Oc2ccccc2Br)c1. The lowest BCUT2D eigenvalue weighted by Crippen LogP contribution is -1.94. The summed E-state index contributed by atoms with van der Waals surface area (Å²) in [6, 6.07) is 11.0. The molecule has 0 saturated carbocycles. The molecule has 0 aliphatic rings. The van der Waals surface area contributed by atoms with Gasteiger partial charge in [-0.3, -0.25) is 0 Å². The lowest BCUT2D eigenvalue weighted by atomic mass is 10.2. The summed E-state index contributed by atoms with van der Waals surface area (Å²) >= 11 is 3.40. The molecule has 0 aliphatic heterocycles. The van der Waals surface area contributed by atoms with Crippen LogP contribution in [0.4, 0.5) is 0 Å². The van der Waals surface area contributed by atoms with Crippen molar-refractivity contribution in [2.24, 2.45) is 0 Å². The molecule has 0 bridgehead atoms. The van der Waals surface area contributed by atoms with E-state index in [-0.39, 0.29) is 0 Å². The normalized spacial score (nSPS) is 12.2. The fourth-order valence-corrected chi connectivity index (χ4v) is 1.75. The Bertz CT molecular complexity index is 514. The molecule has 0 aliphatic carbocycles. The van der Waals surface area contributed by atoms with Crippen LogP contribution >= 0.6 is 15.9 Å². The van der Waals surface area contributed by atoms with Gasteiger partial charge in [-0.2, -0.15) is 0 Å². The molecular formula is C13H12BrNO2. The summed E-state index contributed by atoms with van der Waals surface area (Å²) in [6.45, 7) is 1.71. The van der Waals surface area contributed by atoms with Crippen LogP contribution in [0.2, 0.25) is 0 Å². The third-order valence-electron chi connectivity index (χ3n) is 2.29. The van der Waals surface area contributed by atoms with Gasteiger partial charge in [-0.15, -0.1) is 0 Å². The minimum Gasteiger partial charge on any atom is -0.438 e. The molecule has 1 aromatic heterocycles. The summed E-state index contributed by atoms with van der Waals surface area (Å²) in [5.41, 5.74) is 0.780. The minimum atomic E-state index is -0.528. The van der Waals surface area contributed by atoms with Gasteiger partial charge in [0.1, 0.15) is 5.75 Å². The highest BCUT2D eigenvalue weighted by Crippen LogP contribution is 2.28. The number of para-hydroxylation sites is 1. The average Bonchev–Trinajstić information content (AvgIpc) is 2.32. The number of nitrogens with zero attached hydrogens (tertiary/aromatic N) is 1. The fraction of sp³-hybridized carbons (Fsp3) is 0.154. The number of aliphatic hydroxyl groups excluding tert-OH is 1. The number of rotatable bonds is 3. The van der Waals surface area contributed by atoms with Gasteiger partial charge >= 0.3 is 0 Å². The summed E-state index contributed by atoms with van der Waals surface area (Å²) in [5.74, 6) is 1.16. The maximum Gasteiger partial charge on any atom is 0.219 e. The maximum atomic E-state index is 9.48. The van der Waals surface area contributed by atoms with E-state index in [4.69, 9.17) is 4.74 Å². The Morgan fingerprint density at radius 2 is 2.06 bits per heavy atom. The second kappa shape index (κ2) is 5.29. The predicted molar refractivity (Wildman–Crippen MR) is 69.1 cm³/mol. The molecule has 88 valence electrons. The zero-order chi connectivity index (χ0) is 12.3. The first-order valence-corrected chi connectivity index (χ1v) is 6.02. The molecule has 0 saturated heterocycles. The van der Waals surface area contributed by atoms with Gasteiger partial charge in [-0.05, 0) is 46.6 Å². The van der Waals surface area contributed by atoms with Crippen molar-refractivity contribution >= 4 is 15.9 Å². The van der Waals surface area contributed by atoms with Gasteiger partial charge in [0.05, 0.1) is 10.6 Å². The van der Waals surface area contributed by atoms with E-state index in [0.29, 0.717) is 11.6 Å². The highest BCUT2D eigenvalue weighted by molar-refractivity contribution is 9.10. The first-order chi connectivity index (χ1) is 8.16. The summed E-state index contributed by atoms with van der Waals surface area (Å²) < 4.78 is 6.50. The number of aliphatic hydroxyl groups is 1. The Morgan fingerprint density at radius 3 is 2.76 bits per heavy atom. The predicted octanol–water partition coefficient (Wildman–Crippen LogP) is 3.69. The van der Waals surface area contributed by atoms with Crippen LogP contribution in [0.3, 0.4) is 0 Å². The van der Waals surface area contributed by atoms with E-state index in [9.17, 15) is 5.11 Å². The van der Waals surface area contributed by atoms with Crippen LogP contribution < -0.4 is 4.74 Å². The van der Waals surface area contributed by atoms with Crippen LogP contribution in [0.25, 0.3) is 0 Å². The van der Waals surface area contributed by atoms with E-state index in [2.05, 4.69) is 20.9 Å². The Balaban J connectivity index is 2.25. The molecule has 1 N–H and O–H groups in total. The van der Waals surface area contributed by atoms with Crippen molar-refractivity contribution in [1.82, 2.24) is 4.98 Å². The molecule has 1 unspecified atom stereocenters. The molecule has 17 heavy (non-hydrogen) atoms. The Kier molecular flexibility index (Phi) is 3.76. The molecule has 0 amide bonds. The molecule has 4 heteroatoms. The molecular weight excluding hydrogens is 282 g/mol. The summed E-state index contributed by atoms with van der Waals surface area (Å²) in [5, 5.41) is 9.48. The lowest BCUT2D eigenvalue weighted by Gasteiger charge is -2.09. The van der Waals surface area contributed by atoms with Crippen LogP contribution in [0.15, 0.2) is 47.1 Å². The van der Waals surface area contributed by atoms with Crippen LogP contribution in [0, 0.1) is 0 Å². The second-order valence-electron chi connectivity index (χ2n) is 3.64. The molecule has 1 atom stereocenters. The standard InChI is InChI=1S/C13H12BrNO2/c1-9(16)10-6-7-15-13(8-10)17-12-5-3-2-4-11(12)14/h2-9,16H,1H3. The van der Waals surface area contributed by atoms with Crippen LogP contribution in [-0.2, 0) is 0 Å². The number of benzene rings is 1. The van der Waals surface area contributed by atoms with Crippen molar-refractivity contribution in [3.05, 3.63) is 52.6 Å². The Morgan fingerprint density at radius 1 is 1.29 bits per heavy atom. The minimum absolute atomic E-state index is 0.468. The molecule has 2 aromatic rings. The van der Waals surface area contributed by atoms with Crippen molar-refractivity contribution in [3.8, 4) is 11.6 Å². The van der Waals surface area contributed by atoms with Gasteiger partial charge in [0.25, 0.3) is 0 Å². The first kappa shape index (κ1) is 12.1. The highest BCUT2D eigenvalue weighted by atomic mass is 79.9. The summed E-state index contributed by atoms with van der Waals surface area (Å²) in [4.78, 5) is 4.10. The monoisotopic (exact) mass is 293 g/mol. The van der Waals surface area contributed by atoms with E-state index in [0.717, 1.165) is 10.0 Å². The van der Waals surface area contributed by atoms with Gasteiger partial charge in [0.15, 0.2) is 0 Å². The lowest BCUT2D eigenvalue weighted by molar-refractivity contribution is 0.198. The second-order valence-corrected chi connectivity index (χ2v) is 4.49. The third kappa shape index (κ3) is 3.05. The molecule has 1 heterocycles. The number of hydrogen-bond donors (Lipinski definition) is 1. The largest absolute Gasteiger partial charge is 0.438 e. The van der Waals surface area contributed by atoms with E-state index in [1.54, 1.807) is 25.3 Å². The zero-order valence-electron chi connectivity index (χ0n) is 9.30. The Hall–Kier alpha value is -1.39. The average molecular weight is 294 g/mol. The molecule has 2 rings (SSSR count). The van der Waals surface area contributed by atoms with E-state index < -0.39 is 6.10 Å². The van der Waals surface area contributed by atoms with E-state index in [1.165, 1.54) is 0 Å². The number of hydrogen-bond acceptors (Lipinski definition) is 3. The number of aromatic nitrogens is 1. The van der Waals surface area contributed by atoms with Gasteiger partial charge in [0.2, 0.25) is 5.88 Å². The van der Waals surface area contributed by atoms with E-state index in [1.807, 2.05) is 24.3 Å². The quantitative estimate of drug-likeness (QED) is 0.938. The van der Waals surface area contributed by atoms with Gasteiger partial charge in [0, 0.05) is 12.3 Å². The fourth-order valence-electron chi connectivity index (χ4n) is 1.38. The molecule has 3 nitrogen and oxygen atoms in total. The maximum absolute atomic E-state index is 9.48. The zero-order valence-corrected chi connectivity index (χ0v) is 10.9. The topological polar surface area (TPSA) is 42.4 Å². The Labute approximate surface area is 108 Å². The third-order valence-corrected chi connectivity index (χ3v) is 2.95. The van der Waals surface area contributed by atoms with Crippen LogP contribution in [0.1, 0.15) is 18.6 Å². The van der Waals surface area contributed by atoms with Gasteiger partial charge < -0.3 is 9.84 Å². The number of pyridine rings is 1. The summed E-state index contributed by atoms with van der Waals surface area (Å²) in [7, 11) is 0. The number of ether oxygens (including phenoxy) is 1. The van der Waals surface area contributed by atoms with Crippen molar-refractivity contribution in [1.29, 1.82) is 0 Å². The molecule has 0 radical (unpaired) electrons. The molecule has 1 aromatic carbocycles. The molecule has 0 spiro atoms. The van der Waals surface area contributed by atoms with Crippen molar-refractivity contribution in [2.45, 2.75) is 13.0 Å². The summed E-state index contributed by atoms with van der Waals surface area (Å²) in [6.07, 6.45) is 1.09. The van der Waals surface area contributed by atoms with Crippen molar-refractivity contribution < 1.29 is 9.84 Å². The van der Waals surface area contributed by atoms with Gasteiger partial charge in [-0.25, -0.2) is 4.98 Å². The first-order valence-electron chi connectivity index (χ1n) is 5.23. The number of halogens is 1. The van der Waals surface area contributed by atoms with Crippen molar-refractivity contribution in [3.63, 3.8) is 0 Å². The van der Waals surface area contributed by atoms with Crippen molar-refractivity contribution in [2.75, 3.05) is 0 Å². The van der Waals surface area contributed by atoms with Gasteiger partial charge in [-0.1, -0.05) is 12.1 Å². The van der Waals surface area contributed by atoms with E-state index >= 15 is 0 Å². The smallest absolute Gasteiger partial charge is 0.219 e. The van der Waals surface area contributed by atoms with Crippen LogP contribution in [-0.4, -0.2) is 10.1 Å². The molecule has 0 fully saturated rings.